The summed E-state index contributed by atoms with van der Waals surface area (Å²) in [5, 5.41) is 2.65. The summed E-state index contributed by atoms with van der Waals surface area (Å²) in [4.78, 5) is 12.7. The SMILES string of the molecule is O=C1NCCCN1CCCCC(F)(F)F. The molecule has 0 spiro atoms. The second kappa shape index (κ2) is 5.23. The lowest BCUT2D eigenvalue weighted by molar-refractivity contribution is -0.135. The van der Waals surface area contributed by atoms with E-state index in [-0.39, 0.29) is 12.5 Å². The van der Waals surface area contributed by atoms with Gasteiger partial charge in [-0.05, 0) is 19.3 Å². The Labute approximate surface area is 86.6 Å². The van der Waals surface area contributed by atoms with Gasteiger partial charge in [-0.15, -0.1) is 0 Å². The maximum atomic E-state index is 11.8. The van der Waals surface area contributed by atoms with Crippen LogP contribution in [0.1, 0.15) is 25.7 Å². The van der Waals surface area contributed by atoms with E-state index in [2.05, 4.69) is 5.32 Å². The van der Waals surface area contributed by atoms with E-state index in [0.717, 1.165) is 6.42 Å². The number of nitrogens with one attached hydrogen (secondary N) is 1. The molecule has 1 aliphatic rings. The Hall–Kier alpha value is -0.940. The van der Waals surface area contributed by atoms with E-state index >= 15 is 0 Å². The van der Waals surface area contributed by atoms with Crippen LogP contribution in [-0.4, -0.2) is 36.7 Å². The van der Waals surface area contributed by atoms with Crippen molar-refractivity contribution in [3.8, 4) is 0 Å². The minimum absolute atomic E-state index is 0.0906. The zero-order valence-corrected chi connectivity index (χ0v) is 8.44. The van der Waals surface area contributed by atoms with Crippen molar-refractivity contribution < 1.29 is 18.0 Å². The van der Waals surface area contributed by atoms with E-state index in [9.17, 15) is 18.0 Å². The molecule has 0 aromatic rings. The van der Waals surface area contributed by atoms with Crippen molar-refractivity contribution in [2.24, 2.45) is 0 Å². The number of carbonyl (C=O) groups excluding carboxylic acids is 1. The number of amides is 2. The van der Waals surface area contributed by atoms with Gasteiger partial charge < -0.3 is 10.2 Å². The highest BCUT2D eigenvalue weighted by atomic mass is 19.4. The van der Waals surface area contributed by atoms with Crippen LogP contribution in [0.2, 0.25) is 0 Å². The standard InChI is InChI=1S/C9H15F3N2O/c10-9(11,12)4-1-2-6-14-7-3-5-13-8(14)15/h1-7H2,(H,13,15). The first-order chi connectivity index (χ1) is 6.99. The number of halogens is 3. The molecule has 1 aliphatic heterocycles. The van der Waals surface area contributed by atoms with Gasteiger partial charge in [-0.1, -0.05) is 0 Å². The lowest BCUT2D eigenvalue weighted by Crippen LogP contribution is -2.46. The highest BCUT2D eigenvalue weighted by Gasteiger charge is 2.26. The van der Waals surface area contributed by atoms with Gasteiger partial charge in [0.1, 0.15) is 0 Å². The quantitative estimate of drug-likeness (QED) is 0.729. The molecule has 3 nitrogen and oxygen atoms in total. The second-order valence-corrected chi connectivity index (χ2v) is 3.64. The molecule has 1 heterocycles. The summed E-state index contributed by atoms with van der Waals surface area (Å²) in [5.41, 5.74) is 0. The van der Waals surface area contributed by atoms with Crippen molar-refractivity contribution in [1.29, 1.82) is 0 Å². The molecule has 88 valence electrons. The number of hydrogen-bond acceptors (Lipinski definition) is 1. The second-order valence-electron chi connectivity index (χ2n) is 3.64. The molecule has 1 N–H and O–H groups in total. The van der Waals surface area contributed by atoms with Crippen LogP contribution in [0.25, 0.3) is 0 Å². The Morgan fingerprint density at radius 3 is 2.67 bits per heavy atom. The minimum Gasteiger partial charge on any atom is -0.338 e. The van der Waals surface area contributed by atoms with Crippen molar-refractivity contribution in [2.75, 3.05) is 19.6 Å². The van der Waals surface area contributed by atoms with Crippen LogP contribution in [-0.2, 0) is 0 Å². The van der Waals surface area contributed by atoms with E-state index in [4.69, 9.17) is 0 Å². The van der Waals surface area contributed by atoms with Crippen LogP contribution in [0, 0.1) is 0 Å². The summed E-state index contributed by atoms with van der Waals surface area (Å²) >= 11 is 0. The third-order valence-corrected chi connectivity index (χ3v) is 2.31. The van der Waals surface area contributed by atoms with Gasteiger partial charge in [0.2, 0.25) is 0 Å². The summed E-state index contributed by atoms with van der Waals surface area (Å²) in [6.07, 6.45) is -3.47. The van der Waals surface area contributed by atoms with Gasteiger partial charge in [0, 0.05) is 26.1 Å². The third-order valence-electron chi connectivity index (χ3n) is 2.31. The Kier molecular flexibility index (Phi) is 4.23. The molecule has 0 bridgehead atoms. The molecule has 2 amide bonds. The summed E-state index contributed by atoms with van der Waals surface area (Å²) in [5.74, 6) is 0. The number of urea groups is 1. The van der Waals surface area contributed by atoms with Gasteiger partial charge in [-0.2, -0.15) is 13.2 Å². The fourth-order valence-electron chi connectivity index (χ4n) is 1.52. The average Bonchev–Trinajstić information content (AvgIpc) is 2.13. The van der Waals surface area contributed by atoms with Crippen LogP contribution < -0.4 is 5.32 Å². The molecule has 1 rings (SSSR count). The maximum Gasteiger partial charge on any atom is 0.389 e. The smallest absolute Gasteiger partial charge is 0.338 e. The molecular weight excluding hydrogens is 209 g/mol. The lowest BCUT2D eigenvalue weighted by Gasteiger charge is -2.27. The van der Waals surface area contributed by atoms with E-state index in [1.54, 1.807) is 4.90 Å². The first kappa shape index (κ1) is 12.1. The molecular formula is C9H15F3N2O. The molecule has 0 radical (unpaired) electrons. The van der Waals surface area contributed by atoms with Crippen molar-refractivity contribution >= 4 is 6.03 Å². The van der Waals surface area contributed by atoms with Crippen LogP contribution in [0.3, 0.4) is 0 Å². The number of alkyl halides is 3. The van der Waals surface area contributed by atoms with Crippen molar-refractivity contribution in [2.45, 2.75) is 31.9 Å². The zero-order chi connectivity index (χ0) is 11.3. The Morgan fingerprint density at radius 2 is 2.07 bits per heavy atom. The molecule has 1 saturated heterocycles. The van der Waals surface area contributed by atoms with Crippen LogP contribution in [0.15, 0.2) is 0 Å². The number of rotatable bonds is 4. The van der Waals surface area contributed by atoms with Gasteiger partial charge in [0.05, 0.1) is 0 Å². The number of nitrogens with zero attached hydrogens (tertiary/aromatic N) is 1. The highest BCUT2D eigenvalue weighted by Crippen LogP contribution is 2.22. The van der Waals surface area contributed by atoms with Gasteiger partial charge in [-0.3, -0.25) is 0 Å². The van der Waals surface area contributed by atoms with E-state index in [1.807, 2.05) is 0 Å². The Morgan fingerprint density at radius 1 is 1.33 bits per heavy atom. The molecule has 6 heteroatoms. The monoisotopic (exact) mass is 224 g/mol. The van der Waals surface area contributed by atoms with Crippen molar-refractivity contribution in [3.05, 3.63) is 0 Å². The molecule has 0 unspecified atom stereocenters. The van der Waals surface area contributed by atoms with E-state index in [0.29, 0.717) is 26.1 Å². The fourth-order valence-corrected chi connectivity index (χ4v) is 1.52. The number of unbranched alkanes of at least 4 members (excludes halogenated alkanes) is 1. The van der Waals surface area contributed by atoms with Gasteiger partial charge in [0.15, 0.2) is 0 Å². The minimum atomic E-state index is -4.08. The molecule has 1 fully saturated rings. The normalized spacial score (nSPS) is 17.8. The molecule has 0 atom stereocenters. The average molecular weight is 224 g/mol. The summed E-state index contributed by atoms with van der Waals surface area (Å²) in [6, 6.07) is -0.159. The van der Waals surface area contributed by atoms with E-state index in [1.165, 1.54) is 0 Å². The largest absolute Gasteiger partial charge is 0.389 e. The van der Waals surface area contributed by atoms with Crippen LogP contribution in [0.4, 0.5) is 18.0 Å². The summed E-state index contributed by atoms with van der Waals surface area (Å²) in [6.45, 7) is 1.73. The van der Waals surface area contributed by atoms with Crippen molar-refractivity contribution in [1.82, 2.24) is 10.2 Å². The first-order valence-electron chi connectivity index (χ1n) is 5.08. The summed E-state index contributed by atoms with van der Waals surface area (Å²) < 4.78 is 35.4. The van der Waals surface area contributed by atoms with Gasteiger partial charge >= 0.3 is 12.2 Å². The van der Waals surface area contributed by atoms with Crippen molar-refractivity contribution in [3.63, 3.8) is 0 Å². The lowest BCUT2D eigenvalue weighted by atomic mass is 10.2. The summed E-state index contributed by atoms with van der Waals surface area (Å²) in [7, 11) is 0. The Balaban J connectivity index is 2.11. The predicted molar refractivity (Wildman–Crippen MR) is 49.5 cm³/mol. The molecule has 0 aromatic heterocycles. The number of carbonyl (C=O) groups is 1. The van der Waals surface area contributed by atoms with E-state index < -0.39 is 12.6 Å². The topological polar surface area (TPSA) is 32.3 Å². The molecule has 0 aromatic carbocycles. The fraction of sp³-hybridized carbons (Fsp3) is 0.889. The van der Waals surface area contributed by atoms with Crippen LogP contribution in [0.5, 0.6) is 0 Å². The molecule has 15 heavy (non-hydrogen) atoms. The number of hydrogen-bond donors (Lipinski definition) is 1. The van der Waals surface area contributed by atoms with Gasteiger partial charge in [-0.25, -0.2) is 4.79 Å². The van der Waals surface area contributed by atoms with Crippen LogP contribution >= 0.6 is 0 Å². The van der Waals surface area contributed by atoms with Gasteiger partial charge in [0.25, 0.3) is 0 Å². The first-order valence-corrected chi connectivity index (χ1v) is 5.08. The zero-order valence-electron chi connectivity index (χ0n) is 8.44. The third kappa shape index (κ3) is 4.90. The Bertz CT molecular complexity index is 218. The highest BCUT2D eigenvalue weighted by molar-refractivity contribution is 5.74. The molecule has 0 aliphatic carbocycles. The maximum absolute atomic E-state index is 11.8. The molecule has 0 saturated carbocycles. The predicted octanol–water partition coefficient (Wildman–Crippen LogP) is 2.13.